The zero-order valence-electron chi connectivity index (χ0n) is 12.8. The minimum absolute atomic E-state index is 0.0414. The zero-order valence-corrected chi connectivity index (χ0v) is 12.8. The maximum absolute atomic E-state index is 12.3. The highest BCUT2D eigenvalue weighted by atomic mass is 16.2. The second-order valence-electron chi connectivity index (χ2n) is 5.03. The molecule has 0 bridgehead atoms. The maximum atomic E-state index is 12.3. The average molecular weight is 270 g/mol. The van der Waals surface area contributed by atoms with Crippen LogP contribution in [-0.2, 0) is 14.4 Å². The molecular weight excluding hydrogens is 244 g/mol. The second kappa shape index (κ2) is 7.92. The maximum Gasteiger partial charge on any atom is 0.243 e. The van der Waals surface area contributed by atoms with E-state index in [0.29, 0.717) is 6.42 Å². The lowest BCUT2D eigenvalue weighted by Crippen LogP contribution is -2.53. The molecule has 0 aliphatic heterocycles. The van der Waals surface area contributed by atoms with E-state index in [2.05, 4.69) is 5.32 Å². The third kappa shape index (κ3) is 5.01. The molecule has 0 aromatic carbocycles. The minimum Gasteiger partial charge on any atom is -0.345 e. The van der Waals surface area contributed by atoms with Crippen LogP contribution in [0.3, 0.4) is 0 Å². The topological polar surface area (TPSA) is 66.5 Å². The van der Waals surface area contributed by atoms with Crippen molar-refractivity contribution in [2.45, 2.75) is 59.5 Å². The third-order valence-electron chi connectivity index (χ3n) is 3.53. The summed E-state index contributed by atoms with van der Waals surface area (Å²) in [4.78, 5) is 36.7. The lowest BCUT2D eigenvalue weighted by Gasteiger charge is -2.32. The van der Waals surface area contributed by atoms with Gasteiger partial charge in [-0.2, -0.15) is 0 Å². The summed E-state index contributed by atoms with van der Waals surface area (Å²) in [6.07, 6.45) is 1.15. The predicted molar refractivity (Wildman–Crippen MR) is 74.6 cm³/mol. The van der Waals surface area contributed by atoms with Gasteiger partial charge in [-0.15, -0.1) is 0 Å². The van der Waals surface area contributed by atoms with Crippen molar-refractivity contribution in [3.63, 3.8) is 0 Å². The molecule has 2 amide bonds. The molecule has 3 atom stereocenters. The molecule has 110 valence electrons. The van der Waals surface area contributed by atoms with E-state index in [1.165, 1.54) is 11.8 Å². The van der Waals surface area contributed by atoms with Crippen LogP contribution in [-0.4, -0.2) is 41.6 Å². The average Bonchev–Trinajstić information content (AvgIpc) is 2.37. The number of nitrogens with one attached hydrogen (secondary N) is 1. The van der Waals surface area contributed by atoms with Crippen LogP contribution in [0.25, 0.3) is 0 Å². The fourth-order valence-electron chi connectivity index (χ4n) is 1.84. The summed E-state index contributed by atoms with van der Waals surface area (Å²) < 4.78 is 0. The second-order valence-corrected chi connectivity index (χ2v) is 5.03. The van der Waals surface area contributed by atoms with Gasteiger partial charge in [-0.1, -0.05) is 27.2 Å². The van der Waals surface area contributed by atoms with Crippen LogP contribution in [0.2, 0.25) is 0 Å². The molecule has 0 spiro atoms. The molecule has 5 nitrogen and oxygen atoms in total. The van der Waals surface area contributed by atoms with Crippen molar-refractivity contribution in [1.82, 2.24) is 10.2 Å². The van der Waals surface area contributed by atoms with Gasteiger partial charge in [-0.25, -0.2) is 0 Å². The monoisotopic (exact) mass is 270 g/mol. The van der Waals surface area contributed by atoms with Crippen molar-refractivity contribution in [2.75, 3.05) is 7.05 Å². The number of hydrogen-bond donors (Lipinski definition) is 1. The Morgan fingerprint density at radius 3 is 2.05 bits per heavy atom. The number of rotatable bonds is 7. The van der Waals surface area contributed by atoms with Crippen LogP contribution in [0.5, 0.6) is 0 Å². The van der Waals surface area contributed by atoms with Crippen molar-refractivity contribution in [3.8, 4) is 0 Å². The summed E-state index contributed by atoms with van der Waals surface area (Å²) >= 11 is 0. The van der Waals surface area contributed by atoms with E-state index >= 15 is 0 Å². The Morgan fingerprint density at radius 2 is 1.68 bits per heavy atom. The van der Waals surface area contributed by atoms with Gasteiger partial charge in [0.25, 0.3) is 0 Å². The highest BCUT2D eigenvalue weighted by molar-refractivity contribution is 5.91. The van der Waals surface area contributed by atoms with E-state index in [-0.39, 0.29) is 23.5 Å². The first kappa shape index (κ1) is 17.6. The summed E-state index contributed by atoms with van der Waals surface area (Å²) in [6, 6.07) is -1.05. The molecule has 0 aliphatic rings. The van der Waals surface area contributed by atoms with Gasteiger partial charge in [0, 0.05) is 13.5 Å². The van der Waals surface area contributed by atoms with E-state index in [1.807, 2.05) is 13.8 Å². The SMILES string of the molecule is CCC(=O)N(C)C(C(=O)NC(C)C(C)=O)C(C)CC. The van der Waals surface area contributed by atoms with Gasteiger partial charge in [-0.05, 0) is 19.8 Å². The summed E-state index contributed by atoms with van der Waals surface area (Å²) in [5, 5.41) is 2.67. The first-order chi connectivity index (χ1) is 8.76. The molecular formula is C14H26N2O3. The largest absolute Gasteiger partial charge is 0.345 e. The van der Waals surface area contributed by atoms with Gasteiger partial charge in [0.1, 0.15) is 6.04 Å². The number of Topliss-reactive ketones (excluding diaryl/α,β-unsaturated/α-hetero) is 1. The minimum atomic E-state index is -0.528. The molecule has 0 heterocycles. The molecule has 0 aliphatic carbocycles. The van der Waals surface area contributed by atoms with Crippen molar-refractivity contribution in [1.29, 1.82) is 0 Å². The van der Waals surface area contributed by atoms with Crippen LogP contribution < -0.4 is 5.32 Å². The van der Waals surface area contributed by atoms with E-state index in [9.17, 15) is 14.4 Å². The summed E-state index contributed by atoms with van der Waals surface area (Å²) in [6.45, 7) is 8.76. The van der Waals surface area contributed by atoms with E-state index in [0.717, 1.165) is 6.42 Å². The van der Waals surface area contributed by atoms with Crippen molar-refractivity contribution in [2.24, 2.45) is 5.92 Å². The van der Waals surface area contributed by atoms with Gasteiger partial charge in [-0.3, -0.25) is 14.4 Å². The van der Waals surface area contributed by atoms with Crippen LogP contribution in [0.1, 0.15) is 47.5 Å². The molecule has 19 heavy (non-hydrogen) atoms. The number of carbonyl (C=O) groups excluding carboxylic acids is 3. The standard InChI is InChI=1S/C14H26N2O3/c1-7-9(3)13(16(6)12(18)8-2)14(19)15-10(4)11(5)17/h9-10,13H,7-8H2,1-6H3,(H,15,19). The Kier molecular flexibility index (Phi) is 7.34. The fourth-order valence-corrected chi connectivity index (χ4v) is 1.84. The number of hydrogen-bond acceptors (Lipinski definition) is 3. The first-order valence-electron chi connectivity index (χ1n) is 6.82. The van der Waals surface area contributed by atoms with Crippen LogP contribution in [0.15, 0.2) is 0 Å². The molecule has 0 saturated heterocycles. The highest BCUT2D eigenvalue weighted by Crippen LogP contribution is 2.15. The van der Waals surface area contributed by atoms with Crippen molar-refractivity contribution >= 4 is 17.6 Å². The Hall–Kier alpha value is -1.39. The van der Waals surface area contributed by atoms with Crippen molar-refractivity contribution < 1.29 is 14.4 Å². The molecule has 3 unspecified atom stereocenters. The number of amides is 2. The fraction of sp³-hybridized carbons (Fsp3) is 0.786. The van der Waals surface area contributed by atoms with Crippen LogP contribution >= 0.6 is 0 Å². The number of nitrogens with zero attached hydrogens (tertiary/aromatic N) is 1. The Bertz CT molecular complexity index is 342. The van der Waals surface area contributed by atoms with Gasteiger partial charge < -0.3 is 10.2 Å². The summed E-state index contributed by atoms with van der Waals surface area (Å²) in [5.41, 5.74) is 0. The third-order valence-corrected chi connectivity index (χ3v) is 3.53. The van der Waals surface area contributed by atoms with Gasteiger partial charge in [0.05, 0.1) is 6.04 Å². The number of ketones is 1. The van der Waals surface area contributed by atoms with Gasteiger partial charge >= 0.3 is 0 Å². The molecule has 0 fully saturated rings. The van der Waals surface area contributed by atoms with Gasteiger partial charge in [0.2, 0.25) is 11.8 Å². The molecule has 0 aromatic rings. The first-order valence-corrected chi connectivity index (χ1v) is 6.82. The van der Waals surface area contributed by atoms with Crippen LogP contribution in [0, 0.1) is 5.92 Å². The summed E-state index contributed by atoms with van der Waals surface area (Å²) in [5.74, 6) is -0.391. The van der Waals surface area contributed by atoms with E-state index < -0.39 is 12.1 Å². The lowest BCUT2D eigenvalue weighted by molar-refractivity contribution is -0.141. The molecule has 0 radical (unpaired) electrons. The molecule has 0 saturated carbocycles. The zero-order chi connectivity index (χ0) is 15.2. The highest BCUT2D eigenvalue weighted by Gasteiger charge is 2.31. The Labute approximate surface area is 115 Å². The van der Waals surface area contributed by atoms with E-state index in [4.69, 9.17) is 0 Å². The Morgan fingerprint density at radius 1 is 1.16 bits per heavy atom. The number of likely N-dealkylation sites (N-methyl/N-ethyl adjacent to an activating group) is 1. The summed E-state index contributed by atoms with van der Waals surface area (Å²) in [7, 11) is 1.64. The Balaban J connectivity index is 4.99. The van der Waals surface area contributed by atoms with Crippen LogP contribution in [0.4, 0.5) is 0 Å². The molecule has 0 rings (SSSR count). The predicted octanol–water partition coefficient (Wildman–Crippen LogP) is 1.36. The number of carbonyl (C=O) groups is 3. The normalized spacial score (nSPS) is 15.3. The van der Waals surface area contributed by atoms with Gasteiger partial charge in [0.15, 0.2) is 5.78 Å². The molecule has 0 aromatic heterocycles. The smallest absolute Gasteiger partial charge is 0.243 e. The quantitative estimate of drug-likeness (QED) is 0.759. The van der Waals surface area contributed by atoms with Crippen molar-refractivity contribution in [3.05, 3.63) is 0 Å². The molecule has 5 heteroatoms. The molecule has 1 N–H and O–H groups in total. The van der Waals surface area contributed by atoms with E-state index in [1.54, 1.807) is 20.9 Å². The lowest BCUT2D eigenvalue weighted by atomic mass is 9.96.